The normalized spacial score (nSPS) is 23.3. The summed E-state index contributed by atoms with van der Waals surface area (Å²) in [5.41, 5.74) is 1.33. The third-order valence-corrected chi connectivity index (χ3v) is 5.43. The zero-order valence-corrected chi connectivity index (χ0v) is 12.6. The fourth-order valence-electron chi connectivity index (χ4n) is 2.99. The number of hydrogen-bond acceptors (Lipinski definition) is 2. The van der Waals surface area contributed by atoms with Gasteiger partial charge in [-0.05, 0) is 54.4 Å². The molecule has 108 valence electrons. The number of thioether (sulfide) groups is 1. The Morgan fingerprint density at radius 3 is 2.60 bits per heavy atom. The van der Waals surface area contributed by atoms with Gasteiger partial charge in [-0.2, -0.15) is 11.8 Å². The van der Waals surface area contributed by atoms with Crippen molar-refractivity contribution < 1.29 is 9.18 Å². The first-order valence-corrected chi connectivity index (χ1v) is 8.57. The summed E-state index contributed by atoms with van der Waals surface area (Å²) in [6, 6.07) is 6.72. The molecular formula is C16H20FNOS. The van der Waals surface area contributed by atoms with Crippen LogP contribution in [-0.4, -0.2) is 29.4 Å². The van der Waals surface area contributed by atoms with Crippen LogP contribution in [0.5, 0.6) is 0 Å². The molecule has 1 unspecified atom stereocenters. The van der Waals surface area contributed by atoms with Gasteiger partial charge in [0.25, 0.3) is 0 Å². The van der Waals surface area contributed by atoms with Crippen molar-refractivity contribution in [2.75, 3.05) is 18.6 Å². The van der Waals surface area contributed by atoms with Crippen LogP contribution in [0.2, 0.25) is 0 Å². The summed E-state index contributed by atoms with van der Waals surface area (Å²) in [4.78, 5) is 14.4. The minimum Gasteiger partial charge on any atom is -0.335 e. The highest BCUT2D eigenvalue weighted by Crippen LogP contribution is 2.51. The van der Waals surface area contributed by atoms with Gasteiger partial charge in [0, 0.05) is 13.0 Å². The van der Waals surface area contributed by atoms with E-state index in [9.17, 15) is 9.18 Å². The predicted octanol–water partition coefficient (Wildman–Crippen LogP) is 3.63. The molecule has 0 radical (unpaired) electrons. The number of nitrogens with zero attached hydrogens (tertiary/aromatic N) is 1. The van der Waals surface area contributed by atoms with Gasteiger partial charge >= 0.3 is 0 Å². The van der Waals surface area contributed by atoms with E-state index < -0.39 is 0 Å². The third kappa shape index (κ3) is 2.71. The molecule has 1 aliphatic carbocycles. The molecule has 2 aliphatic rings. The first-order valence-electron chi connectivity index (χ1n) is 7.17. The number of carbonyl (C=O) groups is 1. The second kappa shape index (κ2) is 5.40. The summed E-state index contributed by atoms with van der Waals surface area (Å²) < 4.78 is 13.0. The summed E-state index contributed by atoms with van der Waals surface area (Å²) in [5, 5.41) is 0. The van der Waals surface area contributed by atoms with Crippen LogP contribution in [0.15, 0.2) is 24.3 Å². The average Bonchev–Trinajstić information content (AvgIpc) is 3.10. The maximum absolute atomic E-state index is 13.0. The van der Waals surface area contributed by atoms with Gasteiger partial charge in [-0.25, -0.2) is 4.39 Å². The molecule has 1 saturated carbocycles. The number of halogens is 1. The van der Waals surface area contributed by atoms with E-state index in [-0.39, 0.29) is 23.2 Å². The second-order valence-electron chi connectivity index (χ2n) is 6.05. The lowest BCUT2D eigenvalue weighted by Crippen LogP contribution is -2.45. The summed E-state index contributed by atoms with van der Waals surface area (Å²) in [5.74, 6) is 1.15. The number of carbonyl (C=O) groups excluding carboxylic acids is 1. The molecule has 4 heteroatoms. The van der Waals surface area contributed by atoms with Crippen LogP contribution in [0.25, 0.3) is 0 Å². The molecule has 3 rings (SSSR count). The molecule has 2 fully saturated rings. The van der Waals surface area contributed by atoms with Gasteiger partial charge in [0.15, 0.2) is 0 Å². The van der Waals surface area contributed by atoms with Crippen molar-refractivity contribution in [2.45, 2.75) is 31.7 Å². The molecule has 0 bridgehead atoms. The first kappa shape index (κ1) is 13.9. The van der Waals surface area contributed by atoms with Gasteiger partial charge in [-0.1, -0.05) is 12.1 Å². The molecule has 2 nitrogen and oxygen atoms in total. The van der Waals surface area contributed by atoms with Crippen LogP contribution < -0.4 is 0 Å². The number of likely N-dealkylation sites (tertiary alicyclic amines) is 1. The van der Waals surface area contributed by atoms with E-state index in [1.54, 1.807) is 12.1 Å². The van der Waals surface area contributed by atoms with Gasteiger partial charge in [-0.3, -0.25) is 4.79 Å². The molecule has 0 N–H and O–H groups in total. The van der Waals surface area contributed by atoms with Crippen molar-refractivity contribution >= 4 is 17.7 Å². The van der Waals surface area contributed by atoms with E-state index in [0.29, 0.717) is 6.42 Å². The fraction of sp³-hybridized carbons (Fsp3) is 0.562. The van der Waals surface area contributed by atoms with Crippen molar-refractivity contribution in [3.8, 4) is 0 Å². The van der Waals surface area contributed by atoms with Crippen molar-refractivity contribution in [3.05, 3.63) is 35.6 Å². The van der Waals surface area contributed by atoms with E-state index in [1.165, 1.54) is 25.0 Å². The zero-order chi connectivity index (χ0) is 14.2. The SMILES string of the molecule is CSCC1(CC(=O)N2CCC2c2ccc(F)cc2)CC1. The van der Waals surface area contributed by atoms with E-state index in [2.05, 4.69) is 6.26 Å². The predicted molar refractivity (Wildman–Crippen MR) is 80.1 cm³/mol. The second-order valence-corrected chi connectivity index (χ2v) is 6.92. The highest BCUT2D eigenvalue weighted by Gasteiger charge is 2.46. The van der Waals surface area contributed by atoms with Crippen LogP contribution in [0.1, 0.15) is 37.3 Å². The van der Waals surface area contributed by atoms with E-state index in [0.717, 1.165) is 24.3 Å². The average molecular weight is 293 g/mol. The zero-order valence-electron chi connectivity index (χ0n) is 11.8. The van der Waals surface area contributed by atoms with Crippen LogP contribution in [-0.2, 0) is 4.79 Å². The Labute approximate surface area is 123 Å². The maximum Gasteiger partial charge on any atom is 0.223 e. The van der Waals surface area contributed by atoms with Crippen LogP contribution in [0.4, 0.5) is 4.39 Å². The minimum absolute atomic E-state index is 0.160. The van der Waals surface area contributed by atoms with Crippen molar-refractivity contribution in [1.82, 2.24) is 4.90 Å². The Balaban J connectivity index is 1.63. The molecule has 1 heterocycles. The van der Waals surface area contributed by atoms with Gasteiger partial charge in [0.05, 0.1) is 6.04 Å². The Hall–Kier alpha value is -1.03. The van der Waals surface area contributed by atoms with E-state index in [1.807, 2.05) is 16.7 Å². The number of benzene rings is 1. The summed E-state index contributed by atoms with van der Waals surface area (Å²) >= 11 is 1.84. The summed E-state index contributed by atoms with van der Waals surface area (Å²) in [6.45, 7) is 0.843. The smallest absolute Gasteiger partial charge is 0.223 e. The molecule has 0 aromatic heterocycles. The number of hydrogen-bond donors (Lipinski definition) is 0. The van der Waals surface area contributed by atoms with E-state index >= 15 is 0 Å². The Bertz CT molecular complexity index is 498. The summed E-state index contributed by atoms with van der Waals surface area (Å²) in [7, 11) is 0. The minimum atomic E-state index is -0.220. The third-order valence-electron chi connectivity index (χ3n) is 4.53. The largest absolute Gasteiger partial charge is 0.335 e. The maximum atomic E-state index is 13.0. The number of amides is 1. The topological polar surface area (TPSA) is 20.3 Å². The van der Waals surface area contributed by atoms with Gasteiger partial charge < -0.3 is 4.90 Å². The Morgan fingerprint density at radius 1 is 1.40 bits per heavy atom. The number of rotatable bonds is 5. The van der Waals surface area contributed by atoms with Gasteiger partial charge in [0.2, 0.25) is 5.91 Å². The molecule has 0 spiro atoms. The van der Waals surface area contributed by atoms with Gasteiger partial charge in [0.1, 0.15) is 5.82 Å². The van der Waals surface area contributed by atoms with Crippen molar-refractivity contribution in [1.29, 1.82) is 0 Å². The molecule has 1 atom stereocenters. The quantitative estimate of drug-likeness (QED) is 0.826. The molecule has 1 amide bonds. The molecule has 1 aliphatic heterocycles. The highest BCUT2D eigenvalue weighted by molar-refractivity contribution is 7.98. The standard InChI is InChI=1S/C16H20FNOS/c1-20-11-16(7-8-16)10-15(19)18-9-6-14(18)12-2-4-13(17)5-3-12/h2-5,14H,6-11H2,1H3. The molecule has 20 heavy (non-hydrogen) atoms. The lowest BCUT2D eigenvalue weighted by Gasteiger charge is -2.42. The van der Waals surface area contributed by atoms with Crippen molar-refractivity contribution in [3.63, 3.8) is 0 Å². The van der Waals surface area contributed by atoms with Crippen LogP contribution in [0.3, 0.4) is 0 Å². The molecule has 1 saturated heterocycles. The Kier molecular flexibility index (Phi) is 3.76. The van der Waals surface area contributed by atoms with Crippen LogP contribution in [0, 0.1) is 11.2 Å². The van der Waals surface area contributed by atoms with Crippen molar-refractivity contribution in [2.24, 2.45) is 5.41 Å². The van der Waals surface area contributed by atoms with Crippen LogP contribution >= 0.6 is 11.8 Å². The highest BCUT2D eigenvalue weighted by atomic mass is 32.2. The van der Waals surface area contributed by atoms with Gasteiger partial charge in [-0.15, -0.1) is 0 Å². The lowest BCUT2D eigenvalue weighted by molar-refractivity contribution is -0.140. The monoisotopic (exact) mass is 293 g/mol. The molecule has 1 aromatic rings. The van der Waals surface area contributed by atoms with E-state index in [4.69, 9.17) is 0 Å². The fourth-order valence-corrected chi connectivity index (χ4v) is 4.00. The summed E-state index contributed by atoms with van der Waals surface area (Å²) in [6.07, 6.45) is 6.16. The lowest BCUT2D eigenvalue weighted by atomic mass is 9.92. The molecule has 1 aromatic carbocycles. The first-order chi connectivity index (χ1) is 9.63. The molecular weight excluding hydrogens is 273 g/mol. The Morgan fingerprint density at radius 2 is 2.10 bits per heavy atom.